The molecule has 0 aliphatic carbocycles. The number of amides is 1. The summed E-state index contributed by atoms with van der Waals surface area (Å²) in [5.74, 6) is -0.314. The Labute approximate surface area is 146 Å². The lowest BCUT2D eigenvalue weighted by Crippen LogP contribution is -2.50. The second-order valence-electron chi connectivity index (χ2n) is 5.83. The number of rotatable bonds is 7. The molecule has 2 rings (SSSR count). The van der Waals surface area contributed by atoms with Crippen molar-refractivity contribution in [2.75, 3.05) is 20.3 Å². The van der Waals surface area contributed by atoms with Crippen LogP contribution in [0.2, 0.25) is 5.02 Å². The third-order valence-electron chi connectivity index (χ3n) is 3.71. The molecule has 0 fully saturated rings. The Kier molecular flexibility index (Phi) is 6.31. The van der Waals surface area contributed by atoms with E-state index in [1.54, 1.807) is 25.4 Å². The van der Waals surface area contributed by atoms with Crippen LogP contribution in [0.25, 0.3) is 11.3 Å². The Morgan fingerprint density at radius 2 is 2.17 bits per heavy atom. The van der Waals surface area contributed by atoms with Crippen molar-refractivity contribution in [2.45, 2.75) is 18.9 Å². The van der Waals surface area contributed by atoms with E-state index < -0.39 is 5.54 Å². The van der Waals surface area contributed by atoms with Crippen molar-refractivity contribution in [1.82, 2.24) is 10.3 Å². The average Bonchev–Trinajstić information content (AvgIpc) is 2.56. The standard InChI is InChI=1S/C18H21ClN2O3/c1-18(8-10-22,12-24-2)21-17(23)14-11-13(6-7-15(14)19)16-5-3-4-9-20-16/h3-7,9,11,22H,8,10,12H2,1-2H3,(H,21,23). The number of benzene rings is 1. The van der Waals surface area contributed by atoms with Crippen LogP contribution in [-0.2, 0) is 4.74 Å². The molecule has 0 spiro atoms. The molecule has 2 N–H and O–H groups in total. The summed E-state index contributed by atoms with van der Waals surface area (Å²) >= 11 is 6.20. The van der Waals surface area contributed by atoms with E-state index in [0.717, 1.165) is 11.3 Å². The van der Waals surface area contributed by atoms with E-state index in [-0.39, 0.29) is 19.1 Å². The van der Waals surface area contributed by atoms with E-state index in [4.69, 9.17) is 16.3 Å². The lowest BCUT2D eigenvalue weighted by Gasteiger charge is -2.29. The highest BCUT2D eigenvalue weighted by atomic mass is 35.5. The third-order valence-corrected chi connectivity index (χ3v) is 4.04. The van der Waals surface area contributed by atoms with E-state index in [0.29, 0.717) is 17.0 Å². The lowest BCUT2D eigenvalue weighted by atomic mass is 9.98. The van der Waals surface area contributed by atoms with E-state index in [1.807, 2.05) is 31.2 Å². The molecule has 0 aliphatic heterocycles. The van der Waals surface area contributed by atoms with Gasteiger partial charge in [0.15, 0.2) is 0 Å². The summed E-state index contributed by atoms with van der Waals surface area (Å²) in [4.78, 5) is 16.9. The summed E-state index contributed by atoms with van der Waals surface area (Å²) in [5.41, 5.74) is 1.25. The maximum Gasteiger partial charge on any atom is 0.253 e. The SMILES string of the molecule is COCC(C)(CCO)NC(=O)c1cc(-c2ccccn2)ccc1Cl. The number of hydrogen-bond acceptors (Lipinski definition) is 4. The van der Waals surface area contributed by atoms with Gasteiger partial charge in [-0.3, -0.25) is 9.78 Å². The maximum atomic E-state index is 12.7. The van der Waals surface area contributed by atoms with Gasteiger partial charge in [0.25, 0.3) is 5.91 Å². The molecule has 1 atom stereocenters. The minimum Gasteiger partial charge on any atom is -0.396 e. The van der Waals surface area contributed by atoms with Crippen molar-refractivity contribution < 1.29 is 14.6 Å². The number of carbonyl (C=O) groups excluding carboxylic acids is 1. The highest BCUT2D eigenvalue weighted by Gasteiger charge is 2.27. The quantitative estimate of drug-likeness (QED) is 0.807. The number of nitrogens with one attached hydrogen (secondary N) is 1. The monoisotopic (exact) mass is 348 g/mol. The fraction of sp³-hybridized carbons (Fsp3) is 0.333. The molecule has 6 heteroatoms. The highest BCUT2D eigenvalue weighted by molar-refractivity contribution is 6.34. The van der Waals surface area contributed by atoms with Gasteiger partial charge in [-0.15, -0.1) is 0 Å². The normalized spacial score (nSPS) is 13.3. The van der Waals surface area contributed by atoms with Gasteiger partial charge in [0.2, 0.25) is 0 Å². The van der Waals surface area contributed by atoms with Crippen LogP contribution < -0.4 is 5.32 Å². The number of methoxy groups -OCH3 is 1. The molecular formula is C18H21ClN2O3. The molecule has 24 heavy (non-hydrogen) atoms. The number of halogens is 1. The summed E-state index contributed by atoms with van der Waals surface area (Å²) < 4.78 is 5.15. The predicted octanol–water partition coefficient (Wildman–Crippen LogP) is 2.92. The van der Waals surface area contributed by atoms with Gasteiger partial charge in [0.1, 0.15) is 0 Å². The Hall–Kier alpha value is -1.95. The largest absolute Gasteiger partial charge is 0.396 e. The van der Waals surface area contributed by atoms with Gasteiger partial charge in [-0.05, 0) is 37.6 Å². The van der Waals surface area contributed by atoms with Crippen molar-refractivity contribution in [3.8, 4) is 11.3 Å². The molecule has 0 bridgehead atoms. The Balaban J connectivity index is 2.29. The van der Waals surface area contributed by atoms with Crippen LogP contribution in [0, 0.1) is 0 Å². The van der Waals surface area contributed by atoms with Crippen LogP contribution in [0.15, 0.2) is 42.6 Å². The van der Waals surface area contributed by atoms with Crippen molar-refractivity contribution >= 4 is 17.5 Å². The summed E-state index contributed by atoms with van der Waals surface area (Å²) in [6, 6.07) is 10.8. The second-order valence-corrected chi connectivity index (χ2v) is 6.24. The fourth-order valence-electron chi connectivity index (χ4n) is 2.47. The molecule has 1 amide bonds. The van der Waals surface area contributed by atoms with Crippen LogP contribution in [0.1, 0.15) is 23.7 Å². The maximum absolute atomic E-state index is 12.7. The number of aromatic nitrogens is 1. The minimum atomic E-state index is -0.676. The van der Waals surface area contributed by atoms with Gasteiger partial charge < -0.3 is 15.2 Å². The number of ether oxygens (including phenoxy) is 1. The zero-order valence-corrected chi connectivity index (χ0v) is 14.5. The van der Waals surface area contributed by atoms with Crippen LogP contribution in [-0.4, -0.2) is 41.9 Å². The molecular weight excluding hydrogens is 328 g/mol. The first-order valence-electron chi connectivity index (χ1n) is 7.62. The fourth-order valence-corrected chi connectivity index (χ4v) is 2.67. The van der Waals surface area contributed by atoms with E-state index in [9.17, 15) is 9.90 Å². The van der Waals surface area contributed by atoms with Gasteiger partial charge in [-0.25, -0.2) is 0 Å². The van der Waals surface area contributed by atoms with Crippen LogP contribution in [0.5, 0.6) is 0 Å². The summed E-state index contributed by atoms with van der Waals surface area (Å²) in [7, 11) is 1.55. The molecule has 5 nitrogen and oxygen atoms in total. The first-order chi connectivity index (χ1) is 11.5. The zero-order chi connectivity index (χ0) is 17.6. The Morgan fingerprint density at radius 1 is 1.38 bits per heavy atom. The molecule has 0 aliphatic rings. The number of aliphatic hydroxyl groups excluding tert-OH is 1. The van der Waals surface area contributed by atoms with Gasteiger partial charge in [-0.2, -0.15) is 0 Å². The van der Waals surface area contributed by atoms with Gasteiger partial charge in [0.05, 0.1) is 28.4 Å². The first-order valence-corrected chi connectivity index (χ1v) is 8.00. The van der Waals surface area contributed by atoms with Gasteiger partial charge >= 0.3 is 0 Å². The van der Waals surface area contributed by atoms with Crippen LogP contribution >= 0.6 is 11.6 Å². The number of aliphatic hydroxyl groups is 1. The minimum absolute atomic E-state index is 0.0537. The lowest BCUT2D eigenvalue weighted by molar-refractivity contribution is 0.0726. The molecule has 1 heterocycles. The smallest absolute Gasteiger partial charge is 0.253 e. The predicted molar refractivity (Wildman–Crippen MR) is 94.1 cm³/mol. The molecule has 0 radical (unpaired) electrons. The molecule has 2 aromatic rings. The van der Waals surface area contributed by atoms with Crippen LogP contribution in [0.3, 0.4) is 0 Å². The average molecular weight is 349 g/mol. The third kappa shape index (κ3) is 4.54. The summed E-state index contributed by atoms with van der Waals surface area (Å²) in [6.07, 6.45) is 2.07. The van der Waals surface area contributed by atoms with Crippen molar-refractivity contribution in [3.63, 3.8) is 0 Å². The highest BCUT2D eigenvalue weighted by Crippen LogP contribution is 2.24. The van der Waals surface area contributed by atoms with Crippen LogP contribution in [0.4, 0.5) is 0 Å². The van der Waals surface area contributed by atoms with Crippen molar-refractivity contribution in [3.05, 3.63) is 53.2 Å². The summed E-state index contributed by atoms with van der Waals surface area (Å²) in [5, 5.41) is 12.5. The van der Waals surface area contributed by atoms with E-state index in [2.05, 4.69) is 10.3 Å². The van der Waals surface area contributed by atoms with Crippen molar-refractivity contribution in [2.24, 2.45) is 0 Å². The summed E-state index contributed by atoms with van der Waals surface area (Å²) in [6.45, 7) is 2.06. The first kappa shape index (κ1) is 18.4. The molecule has 1 aromatic heterocycles. The zero-order valence-electron chi connectivity index (χ0n) is 13.8. The van der Waals surface area contributed by atoms with E-state index in [1.165, 1.54) is 0 Å². The Morgan fingerprint density at radius 3 is 2.79 bits per heavy atom. The molecule has 128 valence electrons. The van der Waals surface area contributed by atoms with Gasteiger partial charge in [-0.1, -0.05) is 23.7 Å². The second kappa shape index (κ2) is 8.24. The van der Waals surface area contributed by atoms with Crippen molar-refractivity contribution in [1.29, 1.82) is 0 Å². The van der Waals surface area contributed by atoms with Gasteiger partial charge in [0, 0.05) is 25.5 Å². The topological polar surface area (TPSA) is 71.5 Å². The van der Waals surface area contributed by atoms with E-state index >= 15 is 0 Å². The molecule has 1 unspecified atom stereocenters. The number of pyridine rings is 1. The Bertz CT molecular complexity index is 686. The molecule has 0 saturated heterocycles. The number of carbonyl (C=O) groups is 1. The number of hydrogen-bond donors (Lipinski definition) is 2. The number of nitrogens with zero attached hydrogens (tertiary/aromatic N) is 1. The molecule has 0 saturated carbocycles. The molecule has 1 aromatic carbocycles.